The number of rotatable bonds is 4. The van der Waals surface area contributed by atoms with Crippen LogP contribution in [0, 0.1) is 0 Å². The van der Waals surface area contributed by atoms with Gasteiger partial charge in [-0.25, -0.2) is 4.98 Å². The van der Waals surface area contributed by atoms with Crippen LogP contribution in [0.4, 0.5) is 0 Å². The van der Waals surface area contributed by atoms with E-state index < -0.39 is 5.41 Å². The van der Waals surface area contributed by atoms with E-state index in [-0.39, 0.29) is 0 Å². The molecule has 0 aliphatic heterocycles. The van der Waals surface area contributed by atoms with Gasteiger partial charge in [0.25, 0.3) is 0 Å². The molecule has 1 aliphatic rings. The molecule has 3 heteroatoms. The second kappa shape index (κ2) is 9.87. The first-order valence-electron chi connectivity index (χ1n) is 15.4. The average molecular weight is 576 g/mol. The third-order valence-corrected chi connectivity index (χ3v) is 9.53. The Morgan fingerprint density at radius 1 is 0.556 bits per heavy atom. The highest BCUT2D eigenvalue weighted by molar-refractivity contribution is 5.98. The Morgan fingerprint density at radius 3 is 2.04 bits per heavy atom. The van der Waals surface area contributed by atoms with Crippen LogP contribution < -0.4 is 0 Å². The Morgan fingerprint density at radius 2 is 1.27 bits per heavy atom. The number of nitrogens with zero attached hydrogens (tertiary/aromatic N) is 3. The first-order valence-corrected chi connectivity index (χ1v) is 15.4. The predicted molar refractivity (Wildman–Crippen MR) is 184 cm³/mol. The first kappa shape index (κ1) is 25.7. The fourth-order valence-corrected chi connectivity index (χ4v) is 7.58. The van der Waals surface area contributed by atoms with Gasteiger partial charge in [-0.1, -0.05) is 109 Å². The standard InChI is InChI=1S/C42H29N3/c1-45-40-23-9-8-22-39(40)44-41(45)29-14-12-15-30(26-29)42(36-19-6-4-17-33(36)34-18-5-7-20-37(34)42)31-25-28-13-2-3-16-32(28)35(27-31)38-21-10-11-24-43-38/h2-27H,1H3. The summed E-state index contributed by atoms with van der Waals surface area (Å²) in [6.45, 7) is 0. The second-order valence-electron chi connectivity index (χ2n) is 11.9. The van der Waals surface area contributed by atoms with Crippen LogP contribution in [0.5, 0.6) is 0 Å². The lowest BCUT2D eigenvalue weighted by Gasteiger charge is -2.35. The zero-order valence-corrected chi connectivity index (χ0v) is 24.9. The van der Waals surface area contributed by atoms with Crippen LogP contribution in [0.1, 0.15) is 22.3 Å². The van der Waals surface area contributed by atoms with E-state index in [9.17, 15) is 0 Å². The molecule has 0 saturated heterocycles. The highest BCUT2D eigenvalue weighted by Crippen LogP contribution is 2.57. The van der Waals surface area contributed by atoms with E-state index in [1.165, 1.54) is 44.2 Å². The summed E-state index contributed by atoms with van der Waals surface area (Å²) in [6, 6.07) is 54.8. The van der Waals surface area contributed by atoms with E-state index in [0.717, 1.165) is 33.7 Å². The molecule has 9 rings (SSSR count). The molecule has 0 spiro atoms. The van der Waals surface area contributed by atoms with Crippen molar-refractivity contribution >= 4 is 21.8 Å². The van der Waals surface area contributed by atoms with Crippen molar-refractivity contribution in [2.24, 2.45) is 7.05 Å². The second-order valence-corrected chi connectivity index (χ2v) is 11.9. The van der Waals surface area contributed by atoms with E-state index in [4.69, 9.17) is 9.97 Å². The summed E-state index contributed by atoms with van der Waals surface area (Å²) in [6.07, 6.45) is 1.88. The SMILES string of the molecule is Cn1c(-c2cccc(C3(c4cc(-c5ccccn5)c5ccccc5c4)c4ccccc4-c4ccccc43)c2)nc2ccccc21. The number of hydrogen-bond donors (Lipinski definition) is 0. The molecule has 0 radical (unpaired) electrons. The van der Waals surface area contributed by atoms with Gasteiger partial charge >= 0.3 is 0 Å². The summed E-state index contributed by atoms with van der Waals surface area (Å²) in [5, 5.41) is 2.39. The summed E-state index contributed by atoms with van der Waals surface area (Å²) < 4.78 is 2.20. The minimum Gasteiger partial charge on any atom is -0.327 e. The average Bonchev–Trinajstić information content (AvgIpc) is 3.61. The molecule has 45 heavy (non-hydrogen) atoms. The van der Waals surface area contributed by atoms with Gasteiger partial charge < -0.3 is 4.57 Å². The zero-order chi connectivity index (χ0) is 30.0. The molecule has 212 valence electrons. The summed E-state index contributed by atoms with van der Waals surface area (Å²) in [7, 11) is 2.11. The Bertz CT molecular complexity index is 2350. The van der Waals surface area contributed by atoms with E-state index in [2.05, 4.69) is 157 Å². The lowest BCUT2D eigenvalue weighted by atomic mass is 9.66. The van der Waals surface area contributed by atoms with E-state index in [1.807, 2.05) is 12.3 Å². The fourth-order valence-electron chi connectivity index (χ4n) is 7.58. The third-order valence-electron chi connectivity index (χ3n) is 9.53. The van der Waals surface area contributed by atoms with Crippen molar-refractivity contribution < 1.29 is 0 Å². The highest BCUT2D eigenvalue weighted by Gasteiger charge is 2.46. The van der Waals surface area contributed by atoms with Gasteiger partial charge in [0.05, 0.1) is 22.1 Å². The van der Waals surface area contributed by atoms with Gasteiger partial charge in [-0.3, -0.25) is 4.98 Å². The van der Waals surface area contributed by atoms with Crippen LogP contribution >= 0.6 is 0 Å². The van der Waals surface area contributed by atoms with Gasteiger partial charge in [-0.2, -0.15) is 0 Å². The first-order chi connectivity index (χ1) is 22.2. The molecular formula is C42H29N3. The molecule has 3 nitrogen and oxygen atoms in total. The Hall–Kier alpha value is -5.80. The predicted octanol–water partition coefficient (Wildman–Crippen LogP) is 9.82. The minimum absolute atomic E-state index is 0.554. The van der Waals surface area contributed by atoms with Crippen molar-refractivity contribution in [1.29, 1.82) is 0 Å². The summed E-state index contributed by atoms with van der Waals surface area (Å²) in [4.78, 5) is 9.91. The molecule has 1 aliphatic carbocycles. The van der Waals surface area contributed by atoms with Gasteiger partial charge in [0.1, 0.15) is 5.82 Å². The number of benzene rings is 6. The van der Waals surface area contributed by atoms with Crippen LogP contribution in [0.3, 0.4) is 0 Å². The smallest absolute Gasteiger partial charge is 0.140 e. The molecule has 0 fully saturated rings. The lowest BCUT2D eigenvalue weighted by molar-refractivity contribution is 0.770. The maximum Gasteiger partial charge on any atom is 0.140 e. The Labute approximate surface area is 262 Å². The van der Waals surface area contributed by atoms with Crippen molar-refractivity contribution in [1.82, 2.24) is 14.5 Å². The summed E-state index contributed by atoms with van der Waals surface area (Å²) >= 11 is 0. The molecular weight excluding hydrogens is 546 g/mol. The quantitative estimate of drug-likeness (QED) is 0.209. The van der Waals surface area contributed by atoms with Gasteiger partial charge in [-0.05, 0) is 86.6 Å². The van der Waals surface area contributed by atoms with Crippen LogP contribution in [0.15, 0.2) is 158 Å². The number of aryl methyl sites for hydroxylation is 1. The molecule has 0 N–H and O–H groups in total. The van der Waals surface area contributed by atoms with E-state index >= 15 is 0 Å². The van der Waals surface area contributed by atoms with Gasteiger partial charge in [0.15, 0.2) is 0 Å². The summed E-state index contributed by atoms with van der Waals surface area (Å²) in [5.41, 5.74) is 12.3. The molecule has 0 unspecified atom stereocenters. The van der Waals surface area contributed by atoms with Crippen molar-refractivity contribution in [3.63, 3.8) is 0 Å². The third kappa shape index (κ3) is 3.71. The van der Waals surface area contributed by atoms with Crippen LogP contribution in [0.25, 0.3) is 55.6 Å². The lowest BCUT2D eigenvalue weighted by Crippen LogP contribution is -2.28. The molecule has 2 heterocycles. The monoisotopic (exact) mass is 575 g/mol. The summed E-state index contributed by atoms with van der Waals surface area (Å²) in [5.74, 6) is 0.959. The van der Waals surface area contributed by atoms with Gasteiger partial charge in [-0.15, -0.1) is 0 Å². The van der Waals surface area contributed by atoms with Crippen LogP contribution in [-0.4, -0.2) is 14.5 Å². The van der Waals surface area contributed by atoms with Crippen LogP contribution in [0.2, 0.25) is 0 Å². The van der Waals surface area contributed by atoms with Crippen molar-refractivity contribution in [2.75, 3.05) is 0 Å². The molecule has 8 aromatic rings. The van der Waals surface area contributed by atoms with Crippen LogP contribution in [-0.2, 0) is 12.5 Å². The molecule has 6 aromatic carbocycles. The molecule has 0 amide bonds. The minimum atomic E-state index is -0.554. The molecule has 2 aromatic heterocycles. The number of imidazole rings is 1. The van der Waals surface area contributed by atoms with Gasteiger partial charge in [0, 0.05) is 24.4 Å². The number of hydrogen-bond acceptors (Lipinski definition) is 2. The maximum absolute atomic E-state index is 5.08. The highest BCUT2D eigenvalue weighted by atomic mass is 15.1. The van der Waals surface area contributed by atoms with Crippen molar-refractivity contribution in [3.05, 3.63) is 180 Å². The Balaban J connectivity index is 1.40. The molecule has 0 saturated carbocycles. The van der Waals surface area contributed by atoms with Crippen molar-refractivity contribution in [2.45, 2.75) is 5.41 Å². The fraction of sp³-hybridized carbons (Fsp3) is 0.0476. The molecule has 0 bridgehead atoms. The Kier molecular flexibility index (Phi) is 5.63. The van der Waals surface area contributed by atoms with E-state index in [0.29, 0.717) is 0 Å². The zero-order valence-electron chi connectivity index (χ0n) is 24.9. The number of aromatic nitrogens is 3. The number of para-hydroxylation sites is 2. The molecule has 0 atom stereocenters. The maximum atomic E-state index is 5.08. The largest absolute Gasteiger partial charge is 0.327 e. The van der Waals surface area contributed by atoms with E-state index in [1.54, 1.807) is 0 Å². The number of pyridine rings is 1. The normalized spacial score (nSPS) is 13.2. The van der Waals surface area contributed by atoms with Gasteiger partial charge in [0.2, 0.25) is 0 Å². The topological polar surface area (TPSA) is 30.7 Å². The van der Waals surface area contributed by atoms with Crippen molar-refractivity contribution in [3.8, 4) is 33.8 Å². The number of fused-ring (bicyclic) bond motifs is 5.